The standard InChI is InChI=1S/C23H15BrCl2NOPS2/c24-22-12-11-21(31-22)20-15-30-23(27-20)29(28,13-18(25)16-7-3-1-4-8-16)14-19(26)17-9-5-2-6-10-17/h1-15H. The van der Waals surface area contributed by atoms with Crippen molar-refractivity contribution >= 4 is 83.8 Å². The molecule has 4 rings (SSSR count). The van der Waals surface area contributed by atoms with E-state index in [4.69, 9.17) is 28.2 Å². The van der Waals surface area contributed by atoms with Crippen LogP contribution in [0.15, 0.2) is 93.6 Å². The summed E-state index contributed by atoms with van der Waals surface area (Å²) in [6.45, 7) is 0. The highest BCUT2D eigenvalue weighted by molar-refractivity contribution is 9.11. The molecule has 2 aromatic heterocycles. The average Bonchev–Trinajstić information content (AvgIpc) is 3.44. The number of halogens is 3. The van der Waals surface area contributed by atoms with Gasteiger partial charge in [0.05, 0.1) is 24.4 Å². The first-order chi connectivity index (χ1) is 14.9. The van der Waals surface area contributed by atoms with Gasteiger partial charge >= 0.3 is 0 Å². The summed E-state index contributed by atoms with van der Waals surface area (Å²) in [6.07, 6.45) is 0. The van der Waals surface area contributed by atoms with Gasteiger partial charge in [-0.3, -0.25) is 0 Å². The summed E-state index contributed by atoms with van der Waals surface area (Å²) in [4.78, 5) is 5.70. The first-order valence-corrected chi connectivity index (χ1v) is 14.2. The summed E-state index contributed by atoms with van der Waals surface area (Å²) in [7, 11) is -3.30. The van der Waals surface area contributed by atoms with E-state index in [1.165, 1.54) is 11.3 Å². The first-order valence-electron chi connectivity index (χ1n) is 9.13. The molecule has 2 nitrogen and oxygen atoms in total. The van der Waals surface area contributed by atoms with E-state index in [1.807, 2.05) is 78.2 Å². The van der Waals surface area contributed by atoms with Gasteiger partial charge < -0.3 is 4.57 Å². The Hall–Kier alpha value is -1.46. The SMILES string of the molecule is O=P(C=C(Cl)c1ccccc1)(C=C(Cl)c1ccccc1)c1nc(-c2ccc(Br)s2)cs1. The van der Waals surface area contributed by atoms with E-state index in [0.717, 1.165) is 25.5 Å². The van der Waals surface area contributed by atoms with Gasteiger partial charge in [-0.15, -0.1) is 22.7 Å². The Morgan fingerprint density at radius 3 is 1.90 bits per heavy atom. The maximum Gasteiger partial charge on any atom is 0.187 e. The van der Waals surface area contributed by atoms with Crippen LogP contribution in [0.3, 0.4) is 0 Å². The molecule has 0 bridgehead atoms. The van der Waals surface area contributed by atoms with Gasteiger partial charge in [0, 0.05) is 17.0 Å². The molecule has 8 heteroatoms. The summed E-state index contributed by atoms with van der Waals surface area (Å²) in [5, 5.41) is 2.70. The Labute approximate surface area is 207 Å². The van der Waals surface area contributed by atoms with Crippen molar-refractivity contribution in [2.24, 2.45) is 0 Å². The van der Waals surface area contributed by atoms with Crippen LogP contribution in [-0.2, 0) is 4.57 Å². The molecular formula is C23H15BrCl2NOPS2. The number of thiazole rings is 1. The van der Waals surface area contributed by atoms with Crippen molar-refractivity contribution in [3.05, 3.63) is 105 Å². The highest BCUT2D eigenvalue weighted by Gasteiger charge is 2.26. The molecule has 0 unspecified atom stereocenters. The number of aromatic nitrogens is 1. The molecule has 4 aromatic rings. The largest absolute Gasteiger partial charge is 0.307 e. The Kier molecular flexibility index (Phi) is 7.33. The number of rotatable bonds is 6. The molecule has 0 saturated heterocycles. The molecule has 0 fully saturated rings. The van der Waals surface area contributed by atoms with Crippen molar-refractivity contribution in [2.75, 3.05) is 0 Å². The summed E-state index contributed by atoms with van der Waals surface area (Å²) in [5.41, 5.74) is 2.35. The van der Waals surface area contributed by atoms with Crippen molar-refractivity contribution in [1.29, 1.82) is 0 Å². The van der Waals surface area contributed by atoms with E-state index >= 15 is 0 Å². The fourth-order valence-electron chi connectivity index (χ4n) is 2.82. The Bertz CT molecular complexity index is 1240. The molecule has 0 atom stereocenters. The van der Waals surface area contributed by atoms with Gasteiger partial charge in [-0.25, -0.2) is 4.98 Å². The quantitative estimate of drug-likeness (QED) is 0.218. The first kappa shape index (κ1) is 22.7. The number of benzene rings is 2. The molecule has 2 heterocycles. The zero-order chi connectivity index (χ0) is 21.8. The van der Waals surface area contributed by atoms with E-state index in [9.17, 15) is 4.57 Å². The maximum atomic E-state index is 14.3. The number of thiophene rings is 1. The predicted molar refractivity (Wildman–Crippen MR) is 141 cm³/mol. The summed E-state index contributed by atoms with van der Waals surface area (Å²) >= 11 is 19.6. The monoisotopic (exact) mass is 565 g/mol. The summed E-state index contributed by atoms with van der Waals surface area (Å²) < 4.78 is 15.7. The highest BCUT2D eigenvalue weighted by Crippen LogP contribution is 2.54. The minimum Gasteiger partial charge on any atom is -0.307 e. The fourth-order valence-corrected chi connectivity index (χ4v) is 8.57. The normalized spacial score (nSPS) is 14.4. The van der Waals surface area contributed by atoms with Gasteiger partial charge in [0.25, 0.3) is 0 Å². The zero-order valence-electron chi connectivity index (χ0n) is 15.9. The van der Waals surface area contributed by atoms with Crippen molar-refractivity contribution < 1.29 is 4.57 Å². The third-order valence-electron chi connectivity index (χ3n) is 4.33. The van der Waals surface area contributed by atoms with E-state index < -0.39 is 7.14 Å². The third kappa shape index (κ3) is 5.48. The zero-order valence-corrected chi connectivity index (χ0v) is 21.5. The van der Waals surface area contributed by atoms with Crippen LogP contribution in [0.2, 0.25) is 0 Å². The minimum atomic E-state index is -3.30. The molecular weight excluding hydrogens is 552 g/mol. The van der Waals surface area contributed by atoms with Crippen molar-refractivity contribution in [1.82, 2.24) is 4.98 Å². The number of nitrogens with zero attached hydrogens (tertiary/aromatic N) is 1. The molecule has 0 saturated carbocycles. The Morgan fingerprint density at radius 1 is 0.871 bits per heavy atom. The van der Waals surface area contributed by atoms with Crippen LogP contribution in [-0.4, -0.2) is 4.98 Å². The number of hydrogen-bond acceptors (Lipinski definition) is 4. The van der Waals surface area contributed by atoms with E-state index in [1.54, 1.807) is 23.0 Å². The van der Waals surface area contributed by atoms with Gasteiger partial charge in [-0.1, -0.05) is 83.9 Å². The van der Waals surface area contributed by atoms with Crippen molar-refractivity contribution in [3.8, 4) is 10.6 Å². The fraction of sp³-hybridized carbons (Fsp3) is 0. The lowest BCUT2D eigenvalue weighted by Crippen LogP contribution is -2.01. The van der Waals surface area contributed by atoms with Gasteiger partial charge in [0.2, 0.25) is 0 Å². The topological polar surface area (TPSA) is 30.0 Å². The molecule has 0 amide bonds. The van der Waals surface area contributed by atoms with Crippen LogP contribution < -0.4 is 4.75 Å². The van der Waals surface area contributed by atoms with Crippen molar-refractivity contribution in [3.63, 3.8) is 0 Å². The lowest BCUT2D eigenvalue weighted by atomic mass is 10.2. The minimum absolute atomic E-state index is 0.397. The van der Waals surface area contributed by atoms with Crippen LogP contribution in [0, 0.1) is 0 Å². The van der Waals surface area contributed by atoms with Gasteiger partial charge in [0.15, 0.2) is 11.9 Å². The molecule has 0 aliphatic heterocycles. The van der Waals surface area contributed by atoms with Crippen LogP contribution >= 0.6 is 68.9 Å². The lowest BCUT2D eigenvalue weighted by molar-refractivity contribution is 0.592. The van der Waals surface area contributed by atoms with Crippen molar-refractivity contribution in [2.45, 2.75) is 0 Å². The second kappa shape index (κ2) is 9.99. The predicted octanol–water partition coefficient (Wildman–Crippen LogP) is 9.10. The average molecular weight is 567 g/mol. The molecule has 31 heavy (non-hydrogen) atoms. The number of hydrogen-bond donors (Lipinski definition) is 0. The lowest BCUT2D eigenvalue weighted by Gasteiger charge is -2.10. The van der Waals surface area contributed by atoms with Gasteiger partial charge in [0.1, 0.15) is 0 Å². The molecule has 0 spiro atoms. The van der Waals surface area contributed by atoms with E-state index in [2.05, 4.69) is 15.9 Å². The van der Waals surface area contributed by atoms with Gasteiger partial charge in [-0.2, -0.15) is 0 Å². The molecule has 2 aromatic carbocycles. The molecule has 0 radical (unpaired) electrons. The third-order valence-corrected chi connectivity index (χ3v) is 10.7. The molecule has 0 aliphatic carbocycles. The van der Waals surface area contributed by atoms with E-state index in [0.29, 0.717) is 14.8 Å². The van der Waals surface area contributed by atoms with E-state index in [-0.39, 0.29) is 0 Å². The highest BCUT2D eigenvalue weighted by atomic mass is 79.9. The van der Waals surface area contributed by atoms with Gasteiger partial charge in [-0.05, 0) is 39.2 Å². The molecule has 0 aliphatic rings. The van der Waals surface area contributed by atoms with Crippen LogP contribution in [0.25, 0.3) is 20.6 Å². The smallest absolute Gasteiger partial charge is 0.187 e. The molecule has 0 N–H and O–H groups in total. The summed E-state index contributed by atoms with van der Waals surface area (Å²) in [6, 6.07) is 22.8. The summed E-state index contributed by atoms with van der Waals surface area (Å²) in [5.74, 6) is 3.17. The second-order valence-electron chi connectivity index (χ2n) is 6.51. The molecule has 156 valence electrons. The Morgan fingerprint density at radius 2 is 1.42 bits per heavy atom. The Balaban J connectivity index is 1.81. The second-order valence-corrected chi connectivity index (χ2v) is 13.3. The van der Waals surface area contributed by atoms with Crippen LogP contribution in [0.4, 0.5) is 0 Å². The maximum absolute atomic E-state index is 14.3. The van der Waals surface area contributed by atoms with Crippen LogP contribution in [0.1, 0.15) is 11.1 Å². The van der Waals surface area contributed by atoms with Crippen LogP contribution in [0.5, 0.6) is 0 Å².